The molecule has 0 saturated carbocycles. The molecule has 0 spiro atoms. The van der Waals surface area contributed by atoms with E-state index in [0.29, 0.717) is 10.1 Å². The first-order valence-electron chi connectivity index (χ1n) is 7.96. The summed E-state index contributed by atoms with van der Waals surface area (Å²) >= 11 is 11.1. The molecule has 0 atom stereocenters. The summed E-state index contributed by atoms with van der Waals surface area (Å²) in [6, 6.07) is 28.2. The molecule has 4 aromatic carbocycles. The molecule has 0 heterocycles. The highest BCUT2D eigenvalue weighted by molar-refractivity contribution is 7.82. The fourth-order valence-electron chi connectivity index (χ4n) is 3.00. The monoisotopic (exact) mass is 358 g/mol. The van der Waals surface area contributed by atoms with Crippen molar-refractivity contribution < 1.29 is 4.74 Å². The Hall–Kier alpha value is -2.62. The predicted octanol–water partition coefficient (Wildman–Crippen LogP) is 6.06. The Balaban J connectivity index is 1.69. The fraction of sp³-hybridized carbons (Fsp3) is 0. The van der Waals surface area contributed by atoms with E-state index in [1.54, 1.807) is 0 Å². The molecule has 0 aliphatic carbocycles. The Morgan fingerprint density at radius 3 is 1.40 bits per heavy atom. The third-order valence-corrected chi connectivity index (χ3v) is 4.81. The fourth-order valence-corrected chi connectivity index (χ4v) is 3.58. The Kier molecular flexibility index (Phi) is 4.26. The lowest BCUT2D eigenvalue weighted by molar-refractivity contribution is 0.579. The number of rotatable bonds is 2. The van der Waals surface area contributed by atoms with Crippen LogP contribution < -0.4 is 0 Å². The number of ether oxygens (including phenoxy) is 1. The summed E-state index contributed by atoms with van der Waals surface area (Å²) in [4.78, 5) is 0. The number of thiocarbonyl (C=S) groups is 2. The van der Waals surface area contributed by atoms with E-state index in [2.05, 4.69) is 24.3 Å². The molecule has 0 bridgehead atoms. The Morgan fingerprint density at radius 2 is 0.920 bits per heavy atom. The molecule has 25 heavy (non-hydrogen) atoms. The molecule has 4 aromatic rings. The minimum absolute atomic E-state index is 0.398. The standard InChI is InChI=1S/C22H14OS2/c24-21(19-13-5-9-15-7-1-3-11-17(15)19)23-22(25)20-14-6-10-16-8-2-4-12-18(16)20/h1-14H. The molecule has 120 valence electrons. The topological polar surface area (TPSA) is 9.23 Å². The average Bonchev–Trinajstić information content (AvgIpc) is 2.67. The lowest BCUT2D eigenvalue weighted by Gasteiger charge is -2.12. The zero-order valence-corrected chi connectivity index (χ0v) is 14.9. The second-order valence-electron chi connectivity index (χ2n) is 5.73. The van der Waals surface area contributed by atoms with Crippen molar-refractivity contribution in [1.29, 1.82) is 0 Å². The van der Waals surface area contributed by atoms with E-state index in [1.807, 2.05) is 60.7 Å². The van der Waals surface area contributed by atoms with Gasteiger partial charge in [-0.05, 0) is 58.1 Å². The van der Waals surface area contributed by atoms with Gasteiger partial charge in [0.25, 0.3) is 0 Å². The van der Waals surface area contributed by atoms with E-state index in [1.165, 1.54) is 0 Å². The van der Waals surface area contributed by atoms with Gasteiger partial charge in [-0.15, -0.1) is 0 Å². The van der Waals surface area contributed by atoms with Gasteiger partial charge < -0.3 is 4.74 Å². The van der Waals surface area contributed by atoms with E-state index in [9.17, 15) is 0 Å². The summed E-state index contributed by atoms with van der Waals surface area (Å²) in [6.07, 6.45) is 0. The summed E-state index contributed by atoms with van der Waals surface area (Å²) in [7, 11) is 0. The zero-order valence-electron chi connectivity index (χ0n) is 13.3. The molecule has 0 aliphatic heterocycles. The van der Waals surface area contributed by atoms with Crippen LogP contribution in [0, 0.1) is 0 Å². The predicted molar refractivity (Wildman–Crippen MR) is 112 cm³/mol. The van der Waals surface area contributed by atoms with E-state index >= 15 is 0 Å². The van der Waals surface area contributed by atoms with Crippen molar-refractivity contribution in [2.24, 2.45) is 0 Å². The molecular weight excluding hydrogens is 344 g/mol. The quantitative estimate of drug-likeness (QED) is 0.403. The smallest absolute Gasteiger partial charge is 0.199 e. The Morgan fingerprint density at radius 1 is 0.520 bits per heavy atom. The molecule has 0 saturated heterocycles. The van der Waals surface area contributed by atoms with Crippen LogP contribution in [-0.2, 0) is 4.74 Å². The first-order valence-corrected chi connectivity index (χ1v) is 8.78. The van der Waals surface area contributed by atoms with Gasteiger partial charge in [-0.1, -0.05) is 72.8 Å². The maximum atomic E-state index is 5.90. The summed E-state index contributed by atoms with van der Waals surface area (Å²) in [5.74, 6) is 0. The van der Waals surface area contributed by atoms with Gasteiger partial charge in [0.1, 0.15) is 0 Å². The number of benzene rings is 4. The lowest BCUT2D eigenvalue weighted by Crippen LogP contribution is -2.11. The molecule has 0 aliphatic rings. The van der Waals surface area contributed by atoms with E-state index in [4.69, 9.17) is 29.2 Å². The van der Waals surface area contributed by atoms with E-state index < -0.39 is 0 Å². The largest absolute Gasteiger partial charge is 0.433 e. The van der Waals surface area contributed by atoms with Crippen LogP contribution in [0.5, 0.6) is 0 Å². The molecule has 0 amide bonds. The van der Waals surface area contributed by atoms with E-state index in [0.717, 1.165) is 32.7 Å². The summed E-state index contributed by atoms with van der Waals surface area (Å²) in [6.45, 7) is 0. The minimum Gasteiger partial charge on any atom is -0.433 e. The summed E-state index contributed by atoms with van der Waals surface area (Å²) in [5, 5.41) is 5.18. The van der Waals surface area contributed by atoms with Crippen LogP contribution in [0.2, 0.25) is 0 Å². The maximum Gasteiger partial charge on any atom is 0.199 e. The van der Waals surface area contributed by atoms with Crippen LogP contribution >= 0.6 is 24.4 Å². The van der Waals surface area contributed by atoms with Crippen molar-refractivity contribution in [3.05, 3.63) is 96.1 Å². The van der Waals surface area contributed by atoms with Gasteiger partial charge in [0.2, 0.25) is 0 Å². The van der Waals surface area contributed by atoms with Gasteiger partial charge in [0, 0.05) is 11.1 Å². The summed E-state index contributed by atoms with van der Waals surface area (Å²) < 4.78 is 5.90. The van der Waals surface area contributed by atoms with Crippen LogP contribution in [0.25, 0.3) is 21.5 Å². The van der Waals surface area contributed by atoms with Gasteiger partial charge in [-0.25, -0.2) is 0 Å². The maximum absolute atomic E-state index is 5.90. The Labute approximate surface area is 156 Å². The van der Waals surface area contributed by atoms with Gasteiger partial charge in [0.15, 0.2) is 10.1 Å². The molecule has 0 unspecified atom stereocenters. The third-order valence-electron chi connectivity index (χ3n) is 4.20. The molecule has 1 nitrogen and oxygen atoms in total. The average molecular weight is 358 g/mol. The van der Waals surface area contributed by atoms with Crippen molar-refractivity contribution in [3.63, 3.8) is 0 Å². The van der Waals surface area contributed by atoms with Crippen molar-refractivity contribution in [2.45, 2.75) is 0 Å². The molecule has 4 rings (SSSR count). The van der Waals surface area contributed by atoms with Crippen molar-refractivity contribution >= 4 is 56.1 Å². The van der Waals surface area contributed by atoms with Gasteiger partial charge >= 0.3 is 0 Å². The van der Waals surface area contributed by atoms with Crippen LogP contribution in [0.15, 0.2) is 84.9 Å². The first-order chi connectivity index (χ1) is 12.2. The molecular formula is C22H14OS2. The molecule has 0 N–H and O–H groups in total. The molecule has 0 fully saturated rings. The lowest BCUT2D eigenvalue weighted by atomic mass is 10.0. The highest BCUT2D eigenvalue weighted by Crippen LogP contribution is 2.23. The second kappa shape index (κ2) is 6.71. The highest BCUT2D eigenvalue weighted by Gasteiger charge is 2.13. The molecule has 0 radical (unpaired) electrons. The normalized spacial score (nSPS) is 10.7. The van der Waals surface area contributed by atoms with Gasteiger partial charge in [-0.2, -0.15) is 0 Å². The SMILES string of the molecule is S=C(OC(=S)c1cccc2ccccc12)c1cccc2ccccc12. The van der Waals surface area contributed by atoms with Crippen molar-refractivity contribution in [3.8, 4) is 0 Å². The van der Waals surface area contributed by atoms with Crippen LogP contribution in [-0.4, -0.2) is 10.1 Å². The number of hydrogen-bond donors (Lipinski definition) is 0. The number of hydrogen-bond acceptors (Lipinski definition) is 3. The van der Waals surface area contributed by atoms with Crippen LogP contribution in [0.4, 0.5) is 0 Å². The van der Waals surface area contributed by atoms with Crippen molar-refractivity contribution in [1.82, 2.24) is 0 Å². The minimum atomic E-state index is 0.398. The van der Waals surface area contributed by atoms with Crippen molar-refractivity contribution in [2.75, 3.05) is 0 Å². The van der Waals surface area contributed by atoms with Crippen LogP contribution in [0.1, 0.15) is 11.1 Å². The number of fused-ring (bicyclic) bond motifs is 2. The van der Waals surface area contributed by atoms with Gasteiger partial charge in [-0.3, -0.25) is 0 Å². The van der Waals surface area contributed by atoms with Crippen LogP contribution in [0.3, 0.4) is 0 Å². The molecule has 3 heteroatoms. The molecule has 0 aromatic heterocycles. The first kappa shape index (κ1) is 15.9. The second-order valence-corrected chi connectivity index (χ2v) is 6.47. The summed E-state index contributed by atoms with van der Waals surface area (Å²) in [5.41, 5.74) is 1.77. The third kappa shape index (κ3) is 3.04. The Bertz CT molecular complexity index is 1020. The van der Waals surface area contributed by atoms with E-state index in [-0.39, 0.29) is 0 Å². The van der Waals surface area contributed by atoms with Gasteiger partial charge in [0.05, 0.1) is 0 Å². The zero-order chi connectivity index (χ0) is 17.2. The highest BCUT2D eigenvalue weighted by atomic mass is 32.1.